The highest BCUT2D eigenvalue weighted by Gasteiger charge is 2.13. The Kier molecular flexibility index (Phi) is 4.09. The van der Waals surface area contributed by atoms with Gasteiger partial charge in [0.1, 0.15) is 5.82 Å². The first-order chi connectivity index (χ1) is 9.58. The van der Waals surface area contributed by atoms with E-state index < -0.39 is 6.03 Å². The number of aromatic nitrogens is 2. The van der Waals surface area contributed by atoms with E-state index in [2.05, 4.69) is 20.6 Å². The number of ether oxygens (including phenoxy) is 2. The van der Waals surface area contributed by atoms with Crippen molar-refractivity contribution >= 4 is 34.4 Å². The highest BCUT2D eigenvalue weighted by molar-refractivity contribution is 6.29. The number of fused-ring (bicyclic) bond motifs is 1. The van der Waals surface area contributed by atoms with Gasteiger partial charge in [-0.15, -0.1) is 0 Å². The topological polar surface area (TPSA) is 85.4 Å². The van der Waals surface area contributed by atoms with Crippen LogP contribution in [0.25, 0.3) is 10.9 Å². The molecule has 2 rings (SSSR count). The van der Waals surface area contributed by atoms with Gasteiger partial charge < -0.3 is 14.8 Å². The Morgan fingerprint density at radius 3 is 2.45 bits per heavy atom. The lowest BCUT2D eigenvalue weighted by Crippen LogP contribution is -2.25. The average Bonchev–Trinajstić information content (AvgIpc) is 2.45. The predicted molar refractivity (Wildman–Crippen MR) is 75.7 cm³/mol. The second-order valence-corrected chi connectivity index (χ2v) is 4.11. The summed E-state index contributed by atoms with van der Waals surface area (Å²) in [5, 5.41) is 5.64. The van der Waals surface area contributed by atoms with Crippen LogP contribution >= 0.6 is 11.6 Å². The molecule has 0 saturated heterocycles. The molecule has 0 aliphatic carbocycles. The summed E-state index contributed by atoms with van der Waals surface area (Å²) in [5.41, 5.74) is 0.536. The zero-order chi connectivity index (χ0) is 14.7. The van der Waals surface area contributed by atoms with Crippen molar-refractivity contribution in [3.05, 3.63) is 17.4 Å². The van der Waals surface area contributed by atoms with Crippen LogP contribution in [0.4, 0.5) is 10.6 Å². The minimum atomic E-state index is -0.407. The molecule has 0 aliphatic heterocycles. The number of nitrogens with one attached hydrogen (secondary N) is 2. The lowest BCUT2D eigenvalue weighted by Gasteiger charge is -2.11. The van der Waals surface area contributed by atoms with Crippen molar-refractivity contribution in [2.75, 3.05) is 26.6 Å². The van der Waals surface area contributed by atoms with Gasteiger partial charge in [-0.3, -0.25) is 5.32 Å². The zero-order valence-electron chi connectivity index (χ0n) is 11.2. The number of anilines is 1. The average molecular weight is 297 g/mol. The summed E-state index contributed by atoms with van der Waals surface area (Å²) in [6, 6.07) is 2.93. The van der Waals surface area contributed by atoms with Crippen molar-refractivity contribution in [1.82, 2.24) is 15.3 Å². The summed E-state index contributed by atoms with van der Waals surface area (Å²) in [6.45, 7) is 0. The molecule has 1 aromatic carbocycles. The fraction of sp³-hybridized carbons (Fsp3) is 0.250. The van der Waals surface area contributed by atoms with Crippen LogP contribution in [0.5, 0.6) is 11.5 Å². The van der Waals surface area contributed by atoms with E-state index in [0.717, 1.165) is 0 Å². The molecule has 20 heavy (non-hydrogen) atoms. The van der Waals surface area contributed by atoms with Crippen molar-refractivity contribution in [3.63, 3.8) is 0 Å². The largest absolute Gasteiger partial charge is 0.493 e. The van der Waals surface area contributed by atoms with Crippen LogP contribution in [0.1, 0.15) is 0 Å². The minimum absolute atomic E-state index is 0.0242. The molecule has 0 bridgehead atoms. The van der Waals surface area contributed by atoms with Gasteiger partial charge in [-0.25, -0.2) is 9.78 Å². The standard InChI is InChI=1S/C12H13ClN4O3/c1-14-12(18)17-10-6-4-8(19-2)9(20-3)5-7(6)15-11(13)16-10/h4-5H,1-3H3,(H2,14,15,16,17,18). The van der Waals surface area contributed by atoms with E-state index >= 15 is 0 Å². The first-order valence-electron chi connectivity index (χ1n) is 5.67. The van der Waals surface area contributed by atoms with Gasteiger partial charge in [-0.1, -0.05) is 0 Å². The quantitative estimate of drug-likeness (QED) is 0.847. The molecule has 0 atom stereocenters. The third-order valence-corrected chi connectivity index (χ3v) is 2.80. The molecule has 0 unspecified atom stereocenters. The van der Waals surface area contributed by atoms with Gasteiger partial charge in [-0.05, 0) is 17.7 Å². The lowest BCUT2D eigenvalue weighted by molar-refractivity contribution is 0.254. The number of hydrogen-bond acceptors (Lipinski definition) is 5. The van der Waals surface area contributed by atoms with E-state index in [1.54, 1.807) is 12.1 Å². The number of methoxy groups -OCH3 is 2. The first-order valence-corrected chi connectivity index (χ1v) is 6.04. The number of carbonyl (C=O) groups excluding carboxylic acids is 1. The Labute approximate surface area is 120 Å². The Morgan fingerprint density at radius 2 is 1.85 bits per heavy atom. The van der Waals surface area contributed by atoms with Gasteiger partial charge in [0.25, 0.3) is 0 Å². The summed E-state index contributed by atoms with van der Waals surface area (Å²) in [4.78, 5) is 19.5. The molecule has 0 saturated carbocycles. The van der Waals surface area contributed by atoms with Crippen molar-refractivity contribution in [2.24, 2.45) is 0 Å². The zero-order valence-corrected chi connectivity index (χ0v) is 11.9. The van der Waals surface area contributed by atoms with E-state index in [1.165, 1.54) is 21.3 Å². The molecule has 1 aromatic heterocycles. The molecule has 2 aromatic rings. The molecule has 0 spiro atoms. The Bertz CT molecular complexity index is 663. The Balaban J connectivity index is 2.64. The van der Waals surface area contributed by atoms with Crippen LogP contribution in [0, 0.1) is 0 Å². The van der Waals surface area contributed by atoms with E-state index in [1.807, 2.05) is 0 Å². The molecule has 2 amide bonds. The highest BCUT2D eigenvalue weighted by atomic mass is 35.5. The first kappa shape index (κ1) is 14.1. The third kappa shape index (κ3) is 2.67. The monoisotopic (exact) mass is 296 g/mol. The van der Waals surface area contributed by atoms with Gasteiger partial charge in [0.2, 0.25) is 5.28 Å². The second-order valence-electron chi connectivity index (χ2n) is 3.77. The second kappa shape index (κ2) is 5.79. The molecule has 8 heteroatoms. The molecular weight excluding hydrogens is 284 g/mol. The van der Waals surface area contributed by atoms with Crippen molar-refractivity contribution in [2.45, 2.75) is 0 Å². The Hall–Kier alpha value is -2.28. The molecule has 2 N–H and O–H groups in total. The summed E-state index contributed by atoms with van der Waals surface area (Å²) in [5.74, 6) is 1.31. The summed E-state index contributed by atoms with van der Waals surface area (Å²) < 4.78 is 10.4. The number of hydrogen-bond donors (Lipinski definition) is 2. The van der Waals surface area contributed by atoms with Crippen LogP contribution in [0.15, 0.2) is 12.1 Å². The van der Waals surface area contributed by atoms with E-state index in [0.29, 0.717) is 28.2 Å². The summed E-state index contributed by atoms with van der Waals surface area (Å²) >= 11 is 5.85. The van der Waals surface area contributed by atoms with Crippen LogP contribution in [0.2, 0.25) is 5.28 Å². The van der Waals surface area contributed by atoms with Crippen LogP contribution in [-0.4, -0.2) is 37.3 Å². The van der Waals surface area contributed by atoms with Gasteiger partial charge in [0.15, 0.2) is 11.5 Å². The molecule has 0 radical (unpaired) electrons. The van der Waals surface area contributed by atoms with E-state index in [-0.39, 0.29) is 5.28 Å². The summed E-state index contributed by atoms with van der Waals surface area (Å²) in [6.07, 6.45) is 0. The summed E-state index contributed by atoms with van der Waals surface area (Å²) in [7, 11) is 4.55. The van der Waals surface area contributed by atoms with Crippen molar-refractivity contribution < 1.29 is 14.3 Å². The van der Waals surface area contributed by atoms with Crippen LogP contribution < -0.4 is 20.1 Å². The smallest absolute Gasteiger partial charge is 0.320 e. The van der Waals surface area contributed by atoms with Crippen LogP contribution in [-0.2, 0) is 0 Å². The maximum Gasteiger partial charge on any atom is 0.320 e. The third-order valence-electron chi connectivity index (χ3n) is 2.63. The fourth-order valence-electron chi connectivity index (χ4n) is 1.69. The SMILES string of the molecule is CNC(=O)Nc1nc(Cl)nc2cc(OC)c(OC)cc12. The molecule has 0 fully saturated rings. The lowest BCUT2D eigenvalue weighted by atomic mass is 10.2. The number of amides is 2. The van der Waals surface area contributed by atoms with E-state index in [4.69, 9.17) is 21.1 Å². The Morgan fingerprint density at radius 1 is 1.20 bits per heavy atom. The number of rotatable bonds is 3. The van der Waals surface area contributed by atoms with Gasteiger partial charge in [0.05, 0.1) is 19.7 Å². The number of halogens is 1. The van der Waals surface area contributed by atoms with Gasteiger partial charge >= 0.3 is 6.03 Å². The number of carbonyl (C=O) groups is 1. The number of urea groups is 1. The minimum Gasteiger partial charge on any atom is -0.493 e. The molecule has 0 aliphatic rings. The van der Waals surface area contributed by atoms with E-state index in [9.17, 15) is 4.79 Å². The van der Waals surface area contributed by atoms with Gasteiger partial charge in [0, 0.05) is 18.5 Å². The predicted octanol–water partition coefficient (Wildman–Crippen LogP) is 2.05. The number of benzene rings is 1. The normalized spacial score (nSPS) is 10.2. The maximum absolute atomic E-state index is 11.4. The molecule has 7 nitrogen and oxygen atoms in total. The van der Waals surface area contributed by atoms with Gasteiger partial charge in [-0.2, -0.15) is 4.98 Å². The fourth-order valence-corrected chi connectivity index (χ4v) is 1.87. The number of nitrogens with zero attached hydrogens (tertiary/aromatic N) is 2. The maximum atomic E-state index is 11.4. The molecule has 1 heterocycles. The van der Waals surface area contributed by atoms with Crippen molar-refractivity contribution in [3.8, 4) is 11.5 Å². The molecule has 106 valence electrons. The molecular formula is C12H13ClN4O3. The van der Waals surface area contributed by atoms with Crippen molar-refractivity contribution in [1.29, 1.82) is 0 Å². The van der Waals surface area contributed by atoms with Crippen LogP contribution in [0.3, 0.4) is 0 Å². The highest BCUT2D eigenvalue weighted by Crippen LogP contribution is 2.34.